The van der Waals surface area contributed by atoms with Gasteiger partial charge in [0.05, 0.1) is 11.3 Å². The topological polar surface area (TPSA) is 49.4 Å². The van der Waals surface area contributed by atoms with E-state index in [2.05, 4.69) is 5.32 Å². The summed E-state index contributed by atoms with van der Waals surface area (Å²) >= 11 is 0. The van der Waals surface area contributed by atoms with E-state index < -0.39 is 23.1 Å². The molecule has 4 nitrogen and oxygen atoms in total. The number of para-hydroxylation sites is 2. The molecule has 0 bridgehead atoms. The number of nitrogens with zero attached hydrogens (tertiary/aromatic N) is 1. The first-order valence-corrected chi connectivity index (χ1v) is 8.70. The molecule has 0 unspecified atom stereocenters. The summed E-state index contributed by atoms with van der Waals surface area (Å²) in [6, 6.07) is 12.3. The van der Waals surface area contributed by atoms with Gasteiger partial charge in [-0.2, -0.15) is 13.2 Å². The quantitative estimate of drug-likeness (QED) is 0.826. The van der Waals surface area contributed by atoms with Gasteiger partial charge in [-0.15, -0.1) is 0 Å². The van der Waals surface area contributed by atoms with Gasteiger partial charge in [-0.3, -0.25) is 9.59 Å². The molecule has 1 aliphatic heterocycles. The molecule has 7 heteroatoms. The summed E-state index contributed by atoms with van der Waals surface area (Å²) in [5.74, 6) is -1.01. The van der Waals surface area contributed by atoms with Crippen LogP contribution in [0.4, 0.5) is 24.5 Å². The summed E-state index contributed by atoms with van der Waals surface area (Å²) in [6.45, 7) is 0.479. The Balaban J connectivity index is 1.58. The fraction of sp³-hybridized carbons (Fsp3) is 0.300. The number of rotatable bonds is 3. The van der Waals surface area contributed by atoms with Crippen molar-refractivity contribution in [3.05, 3.63) is 59.7 Å². The number of fused-ring (bicyclic) bond motifs is 1. The number of alkyl halides is 3. The van der Waals surface area contributed by atoms with Gasteiger partial charge >= 0.3 is 6.18 Å². The highest BCUT2D eigenvalue weighted by Crippen LogP contribution is 2.50. The van der Waals surface area contributed by atoms with Crippen molar-refractivity contribution in [1.29, 1.82) is 0 Å². The highest BCUT2D eigenvalue weighted by molar-refractivity contribution is 6.18. The second-order valence-electron chi connectivity index (χ2n) is 6.92. The molecule has 0 saturated heterocycles. The van der Waals surface area contributed by atoms with Crippen molar-refractivity contribution in [2.75, 3.05) is 16.8 Å². The molecule has 0 spiro atoms. The Bertz CT molecular complexity index is 919. The van der Waals surface area contributed by atoms with Crippen LogP contribution in [0, 0.1) is 5.41 Å². The van der Waals surface area contributed by atoms with Crippen LogP contribution >= 0.6 is 0 Å². The lowest BCUT2D eigenvalue weighted by atomic mass is 10.0. The normalized spacial score (nSPS) is 17.4. The summed E-state index contributed by atoms with van der Waals surface area (Å²) in [4.78, 5) is 27.4. The third-order valence-electron chi connectivity index (χ3n) is 5.21. The van der Waals surface area contributed by atoms with Crippen molar-refractivity contribution < 1.29 is 22.8 Å². The van der Waals surface area contributed by atoms with Crippen molar-refractivity contribution in [3.8, 4) is 0 Å². The van der Waals surface area contributed by atoms with Crippen molar-refractivity contribution in [2.45, 2.75) is 25.4 Å². The van der Waals surface area contributed by atoms with Gasteiger partial charge in [-0.25, -0.2) is 0 Å². The maximum absolute atomic E-state index is 13.2. The largest absolute Gasteiger partial charge is 0.418 e. The Hall–Kier alpha value is -2.83. The van der Waals surface area contributed by atoms with Crippen LogP contribution in [0.15, 0.2) is 48.5 Å². The van der Waals surface area contributed by atoms with Gasteiger partial charge < -0.3 is 10.2 Å². The third-order valence-corrected chi connectivity index (χ3v) is 5.21. The summed E-state index contributed by atoms with van der Waals surface area (Å²) in [5.41, 5.74) is -0.721. The van der Waals surface area contributed by atoms with Crippen molar-refractivity contribution in [2.24, 2.45) is 5.41 Å². The van der Waals surface area contributed by atoms with Gasteiger partial charge in [0.25, 0.3) is 0 Å². The monoisotopic (exact) mass is 374 g/mol. The highest BCUT2D eigenvalue weighted by atomic mass is 19.4. The van der Waals surface area contributed by atoms with Crippen molar-refractivity contribution >= 4 is 23.2 Å². The molecule has 0 aromatic heterocycles. The van der Waals surface area contributed by atoms with E-state index in [9.17, 15) is 22.8 Å². The first-order valence-electron chi connectivity index (χ1n) is 8.70. The fourth-order valence-electron chi connectivity index (χ4n) is 3.55. The molecule has 2 amide bonds. The molecule has 1 N–H and O–H groups in total. The van der Waals surface area contributed by atoms with E-state index in [1.165, 1.54) is 18.2 Å². The molecule has 140 valence electrons. The molecular weight excluding hydrogens is 357 g/mol. The summed E-state index contributed by atoms with van der Waals surface area (Å²) in [5, 5.41) is 2.34. The molecule has 0 radical (unpaired) electrons. The van der Waals surface area contributed by atoms with Crippen LogP contribution in [-0.2, 0) is 22.2 Å². The van der Waals surface area contributed by atoms with Gasteiger partial charge in [-0.1, -0.05) is 30.3 Å². The fourth-order valence-corrected chi connectivity index (χ4v) is 3.55. The lowest BCUT2D eigenvalue weighted by molar-refractivity contribution is -0.137. The minimum Gasteiger partial charge on any atom is -0.325 e. The maximum atomic E-state index is 13.2. The molecule has 2 aliphatic rings. The standard InChI is InChI=1S/C20H17F3N2O2/c21-20(22,23)14-6-2-3-7-15(14)24-17(26)19(10-11-19)18(27)25-12-9-13-5-1-4-8-16(13)25/h1-8H,9-12H2,(H,24,26). The van der Waals surface area contributed by atoms with Crippen LogP contribution in [0.5, 0.6) is 0 Å². The number of nitrogens with one attached hydrogen (secondary N) is 1. The van der Waals surface area contributed by atoms with Gasteiger partial charge in [0.2, 0.25) is 11.8 Å². The number of hydrogen-bond donors (Lipinski definition) is 1. The minimum absolute atomic E-state index is 0.323. The molecule has 1 aliphatic carbocycles. The van der Waals surface area contributed by atoms with Gasteiger partial charge in [0.15, 0.2) is 0 Å². The molecule has 1 heterocycles. The van der Waals surface area contributed by atoms with Crippen LogP contribution in [0.1, 0.15) is 24.0 Å². The number of anilines is 2. The molecule has 4 rings (SSSR count). The number of hydrogen-bond acceptors (Lipinski definition) is 2. The Kier molecular flexibility index (Phi) is 3.98. The zero-order chi connectivity index (χ0) is 19.2. The molecule has 1 saturated carbocycles. The average Bonchev–Trinajstić information content (AvgIpc) is 3.34. The van der Waals surface area contributed by atoms with E-state index in [0.29, 0.717) is 25.8 Å². The summed E-state index contributed by atoms with van der Waals surface area (Å²) in [6.07, 6.45) is -3.20. The van der Waals surface area contributed by atoms with Gasteiger partial charge in [0, 0.05) is 12.2 Å². The molecule has 0 atom stereocenters. The maximum Gasteiger partial charge on any atom is 0.418 e. The van der Waals surface area contributed by atoms with Crippen LogP contribution in [-0.4, -0.2) is 18.4 Å². The molecular formula is C20H17F3N2O2. The lowest BCUT2D eigenvalue weighted by Crippen LogP contribution is -2.42. The molecule has 2 aromatic carbocycles. The van der Waals surface area contributed by atoms with Gasteiger partial charge in [0.1, 0.15) is 5.41 Å². The predicted octanol–water partition coefficient (Wildman–Crippen LogP) is 4.01. The number of amides is 2. The number of halogens is 3. The van der Waals surface area contributed by atoms with E-state index in [4.69, 9.17) is 0 Å². The number of carbonyl (C=O) groups excluding carboxylic acids is 2. The van der Waals surface area contributed by atoms with E-state index in [1.54, 1.807) is 4.90 Å². The van der Waals surface area contributed by atoms with Crippen molar-refractivity contribution in [1.82, 2.24) is 0 Å². The number of carbonyl (C=O) groups is 2. The van der Waals surface area contributed by atoms with E-state index >= 15 is 0 Å². The Labute approximate surface area is 154 Å². The number of benzene rings is 2. The Morgan fingerprint density at radius 1 is 1.00 bits per heavy atom. The zero-order valence-electron chi connectivity index (χ0n) is 14.3. The molecule has 1 fully saturated rings. The van der Waals surface area contributed by atoms with E-state index in [0.717, 1.165) is 17.3 Å². The lowest BCUT2D eigenvalue weighted by Gasteiger charge is -2.24. The van der Waals surface area contributed by atoms with Crippen molar-refractivity contribution in [3.63, 3.8) is 0 Å². The third kappa shape index (κ3) is 2.97. The molecule has 2 aromatic rings. The van der Waals surface area contributed by atoms with E-state index in [-0.39, 0.29) is 11.6 Å². The predicted molar refractivity (Wildman–Crippen MR) is 94.2 cm³/mol. The second kappa shape index (κ2) is 6.11. The SMILES string of the molecule is O=C(Nc1ccccc1C(F)(F)F)C1(C(=O)N2CCc3ccccc32)CC1. The average molecular weight is 374 g/mol. The Morgan fingerprint density at radius 3 is 2.37 bits per heavy atom. The van der Waals surface area contributed by atoms with Crippen LogP contribution in [0.3, 0.4) is 0 Å². The smallest absolute Gasteiger partial charge is 0.325 e. The summed E-state index contributed by atoms with van der Waals surface area (Å²) in [7, 11) is 0. The highest BCUT2D eigenvalue weighted by Gasteiger charge is 2.59. The Morgan fingerprint density at radius 2 is 1.67 bits per heavy atom. The first-order chi connectivity index (χ1) is 12.8. The second-order valence-corrected chi connectivity index (χ2v) is 6.92. The molecule has 27 heavy (non-hydrogen) atoms. The summed E-state index contributed by atoms with van der Waals surface area (Å²) < 4.78 is 39.5. The van der Waals surface area contributed by atoms with Gasteiger partial charge in [-0.05, 0) is 43.0 Å². The van der Waals surface area contributed by atoms with Crippen LogP contribution in [0.25, 0.3) is 0 Å². The van der Waals surface area contributed by atoms with Crippen LogP contribution < -0.4 is 10.2 Å². The first kappa shape index (κ1) is 17.6. The minimum atomic E-state index is -4.58. The van der Waals surface area contributed by atoms with E-state index in [1.807, 2.05) is 24.3 Å². The zero-order valence-corrected chi connectivity index (χ0v) is 14.3. The van der Waals surface area contributed by atoms with Crippen LogP contribution in [0.2, 0.25) is 0 Å².